The molecule has 3 atom stereocenters. The minimum absolute atomic E-state index is 0.0396. The molecule has 1 saturated heterocycles. The van der Waals surface area contributed by atoms with E-state index in [1.807, 2.05) is 0 Å². The van der Waals surface area contributed by atoms with Crippen LogP contribution in [0.5, 0.6) is 0 Å². The van der Waals surface area contributed by atoms with E-state index in [0.29, 0.717) is 11.6 Å². The molecule has 0 spiro atoms. The van der Waals surface area contributed by atoms with Crippen LogP contribution in [-0.2, 0) is 9.59 Å². The Labute approximate surface area is 145 Å². The number of benzene rings is 1. The molecule has 0 aromatic heterocycles. The Morgan fingerprint density at radius 1 is 1.21 bits per heavy atom. The first kappa shape index (κ1) is 15.9. The maximum atomic E-state index is 13.0. The molecule has 3 aliphatic rings. The quantitative estimate of drug-likeness (QED) is 0.910. The van der Waals surface area contributed by atoms with Crippen LogP contribution < -0.4 is 5.32 Å². The predicted molar refractivity (Wildman–Crippen MR) is 91.0 cm³/mol. The lowest BCUT2D eigenvalue weighted by Crippen LogP contribution is -2.50. The van der Waals surface area contributed by atoms with E-state index in [4.69, 9.17) is 0 Å². The van der Waals surface area contributed by atoms with Crippen LogP contribution in [0.4, 0.5) is 4.39 Å². The van der Waals surface area contributed by atoms with E-state index in [-0.39, 0.29) is 41.6 Å². The van der Waals surface area contributed by atoms with E-state index in [1.165, 1.54) is 12.1 Å². The standard InChI is InChI=1S/C18H21FN2O2S/c19-13-6-4-11(5-7-13)14-8-15(14)20-17(22)16-9-24-10-21(16)18(23)12-2-1-3-12/h4-7,12,14-16H,1-3,8-10H2,(H,20,22)/t14-,15+,16-/m0/s1. The lowest BCUT2D eigenvalue weighted by Gasteiger charge is -2.31. The zero-order chi connectivity index (χ0) is 16.7. The molecule has 1 heterocycles. The normalized spacial score (nSPS) is 29.2. The monoisotopic (exact) mass is 348 g/mol. The van der Waals surface area contributed by atoms with Crippen molar-refractivity contribution in [2.45, 2.75) is 43.7 Å². The fraction of sp³-hybridized carbons (Fsp3) is 0.556. The van der Waals surface area contributed by atoms with E-state index >= 15 is 0 Å². The average Bonchev–Trinajstić information content (AvgIpc) is 3.09. The number of nitrogens with zero attached hydrogens (tertiary/aromatic N) is 1. The summed E-state index contributed by atoms with van der Waals surface area (Å²) in [6.45, 7) is 0. The number of rotatable bonds is 4. The summed E-state index contributed by atoms with van der Waals surface area (Å²) in [5.74, 6) is 1.57. The van der Waals surface area contributed by atoms with Crippen LogP contribution in [0.2, 0.25) is 0 Å². The minimum Gasteiger partial charge on any atom is -0.351 e. The molecule has 1 aromatic rings. The Balaban J connectivity index is 1.34. The second kappa shape index (κ2) is 6.39. The second-order valence-electron chi connectivity index (χ2n) is 6.96. The van der Waals surface area contributed by atoms with Gasteiger partial charge in [-0.15, -0.1) is 11.8 Å². The van der Waals surface area contributed by atoms with E-state index in [2.05, 4.69) is 5.32 Å². The lowest BCUT2D eigenvalue weighted by atomic mass is 9.84. The zero-order valence-electron chi connectivity index (χ0n) is 13.4. The van der Waals surface area contributed by atoms with Crippen LogP contribution in [0.15, 0.2) is 24.3 Å². The molecule has 1 N–H and O–H groups in total. The molecular weight excluding hydrogens is 327 g/mol. The molecule has 2 aliphatic carbocycles. The summed E-state index contributed by atoms with van der Waals surface area (Å²) < 4.78 is 13.0. The van der Waals surface area contributed by atoms with Gasteiger partial charge in [0.15, 0.2) is 0 Å². The third-order valence-electron chi connectivity index (χ3n) is 5.34. The highest BCUT2D eigenvalue weighted by molar-refractivity contribution is 7.99. The van der Waals surface area contributed by atoms with Crippen LogP contribution in [0.25, 0.3) is 0 Å². The fourth-order valence-corrected chi connectivity index (χ4v) is 4.64. The molecule has 24 heavy (non-hydrogen) atoms. The van der Waals surface area contributed by atoms with Crippen molar-refractivity contribution in [1.29, 1.82) is 0 Å². The Morgan fingerprint density at radius 2 is 1.96 bits per heavy atom. The summed E-state index contributed by atoms with van der Waals surface area (Å²) in [5.41, 5.74) is 1.06. The average molecular weight is 348 g/mol. The van der Waals surface area contributed by atoms with Gasteiger partial charge in [-0.25, -0.2) is 4.39 Å². The highest BCUT2D eigenvalue weighted by Gasteiger charge is 2.44. The highest BCUT2D eigenvalue weighted by atomic mass is 32.2. The third-order valence-corrected chi connectivity index (χ3v) is 6.35. The summed E-state index contributed by atoms with van der Waals surface area (Å²) in [5, 5.41) is 3.08. The Hall–Kier alpha value is -1.56. The van der Waals surface area contributed by atoms with Crippen molar-refractivity contribution in [3.8, 4) is 0 Å². The summed E-state index contributed by atoms with van der Waals surface area (Å²) in [7, 11) is 0. The summed E-state index contributed by atoms with van der Waals surface area (Å²) in [6.07, 6.45) is 3.93. The maximum absolute atomic E-state index is 13.0. The number of hydrogen-bond donors (Lipinski definition) is 1. The Kier molecular flexibility index (Phi) is 4.24. The van der Waals surface area contributed by atoms with Gasteiger partial charge in [0.25, 0.3) is 0 Å². The topological polar surface area (TPSA) is 49.4 Å². The van der Waals surface area contributed by atoms with Gasteiger partial charge in [-0.05, 0) is 37.0 Å². The molecule has 1 aromatic carbocycles. The molecule has 0 unspecified atom stereocenters. The summed E-state index contributed by atoms with van der Waals surface area (Å²) in [6, 6.07) is 6.25. The van der Waals surface area contributed by atoms with Gasteiger partial charge in [-0.1, -0.05) is 18.6 Å². The molecule has 4 nitrogen and oxygen atoms in total. The van der Waals surface area contributed by atoms with Crippen LogP contribution in [-0.4, -0.2) is 40.4 Å². The van der Waals surface area contributed by atoms with Crippen LogP contribution in [0, 0.1) is 11.7 Å². The number of amides is 2. The SMILES string of the molecule is O=C(N[C@@H]1C[C@H]1c1ccc(F)cc1)[C@@H]1CSCN1C(=O)C1CCC1. The summed E-state index contributed by atoms with van der Waals surface area (Å²) in [4.78, 5) is 26.8. The number of thioether (sulfide) groups is 1. The fourth-order valence-electron chi connectivity index (χ4n) is 3.48. The highest BCUT2D eigenvalue weighted by Crippen LogP contribution is 2.41. The van der Waals surface area contributed by atoms with Gasteiger partial charge < -0.3 is 10.2 Å². The van der Waals surface area contributed by atoms with Crippen LogP contribution >= 0.6 is 11.8 Å². The van der Waals surface area contributed by atoms with Crippen molar-refractivity contribution in [2.75, 3.05) is 11.6 Å². The number of carbonyl (C=O) groups excluding carboxylic acids is 2. The van der Waals surface area contributed by atoms with Gasteiger partial charge in [0, 0.05) is 23.6 Å². The number of carbonyl (C=O) groups is 2. The first-order valence-corrected chi connectivity index (χ1v) is 9.73. The lowest BCUT2D eigenvalue weighted by molar-refractivity contribution is -0.143. The minimum atomic E-state index is -0.336. The van der Waals surface area contributed by atoms with Gasteiger partial charge in [-0.3, -0.25) is 9.59 Å². The smallest absolute Gasteiger partial charge is 0.243 e. The molecule has 128 valence electrons. The van der Waals surface area contributed by atoms with Gasteiger partial charge in [0.2, 0.25) is 11.8 Å². The second-order valence-corrected chi connectivity index (χ2v) is 7.96. The molecule has 4 rings (SSSR count). The molecule has 2 amide bonds. The number of hydrogen-bond acceptors (Lipinski definition) is 3. The first-order valence-electron chi connectivity index (χ1n) is 8.57. The molecule has 6 heteroatoms. The van der Waals surface area contributed by atoms with Gasteiger partial charge >= 0.3 is 0 Å². The number of nitrogens with one attached hydrogen (secondary N) is 1. The van der Waals surface area contributed by atoms with Crippen molar-refractivity contribution in [1.82, 2.24) is 10.2 Å². The van der Waals surface area contributed by atoms with Crippen molar-refractivity contribution in [3.05, 3.63) is 35.6 Å². The molecular formula is C18H21FN2O2S. The van der Waals surface area contributed by atoms with Crippen molar-refractivity contribution < 1.29 is 14.0 Å². The van der Waals surface area contributed by atoms with E-state index in [0.717, 1.165) is 31.2 Å². The van der Waals surface area contributed by atoms with E-state index in [9.17, 15) is 14.0 Å². The van der Waals surface area contributed by atoms with Gasteiger partial charge in [-0.2, -0.15) is 0 Å². The maximum Gasteiger partial charge on any atom is 0.243 e. The Morgan fingerprint density at radius 3 is 2.62 bits per heavy atom. The van der Waals surface area contributed by atoms with Gasteiger partial charge in [0.1, 0.15) is 11.9 Å². The molecule has 3 fully saturated rings. The van der Waals surface area contributed by atoms with E-state index in [1.54, 1.807) is 28.8 Å². The predicted octanol–water partition coefficient (Wildman–Crippen LogP) is 2.50. The van der Waals surface area contributed by atoms with Crippen LogP contribution in [0.1, 0.15) is 37.2 Å². The largest absolute Gasteiger partial charge is 0.351 e. The zero-order valence-corrected chi connectivity index (χ0v) is 14.2. The Bertz CT molecular complexity index is 647. The number of halogens is 1. The van der Waals surface area contributed by atoms with Crippen molar-refractivity contribution in [2.24, 2.45) is 5.92 Å². The summed E-state index contributed by atoms with van der Waals surface area (Å²) >= 11 is 1.65. The first-order chi connectivity index (χ1) is 11.6. The van der Waals surface area contributed by atoms with Crippen LogP contribution in [0.3, 0.4) is 0 Å². The third kappa shape index (κ3) is 3.04. The molecule has 2 saturated carbocycles. The molecule has 0 bridgehead atoms. The van der Waals surface area contributed by atoms with Crippen molar-refractivity contribution >= 4 is 23.6 Å². The molecule has 0 radical (unpaired) electrons. The van der Waals surface area contributed by atoms with Gasteiger partial charge in [0.05, 0.1) is 5.88 Å². The van der Waals surface area contributed by atoms with E-state index < -0.39 is 0 Å². The van der Waals surface area contributed by atoms with Crippen molar-refractivity contribution in [3.63, 3.8) is 0 Å². The molecule has 1 aliphatic heterocycles.